The first kappa shape index (κ1) is 14.9. The Morgan fingerprint density at radius 3 is 2.55 bits per heavy atom. The fourth-order valence-electron chi connectivity index (χ4n) is 1.61. The van der Waals surface area contributed by atoms with Crippen LogP contribution in [0.5, 0.6) is 0 Å². The second kappa shape index (κ2) is 5.89. The summed E-state index contributed by atoms with van der Waals surface area (Å²) in [5, 5.41) is 2.79. The molecule has 0 saturated heterocycles. The zero-order valence-electron chi connectivity index (χ0n) is 10.3. The molecule has 0 fully saturated rings. The van der Waals surface area contributed by atoms with E-state index in [0.29, 0.717) is 9.50 Å². The van der Waals surface area contributed by atoms with Crippen molar-refractivity contribution >= 4 is 39.1 Å². The van der Waals surface area contributed by atoms with Gasteiger partial charge in [0, 0.05) is 15.6 Å². The van der Waals surface area contributed by atoms with Crippen molar-refractivity contribution in [2.24, 2.45) is 0 Å². The molecule has 0 aliphatic rings. The van der Waals surface area contributed by atoms with E-state index in [1.165, 1.54) is 19.1 Å². The van der Waals surface area contributed by atoms with Gasteiger partial charge in [0.05, 0.1) is 11.3 Å². The van der Waals surface area contributed by atoms with Gasteiger partial charge in [0.2, 0.25) is 0 Å². The standard InChI is InChI=1S/C14H9BrClF2NO/c1-7-4-12(18)13(6-11(7)17)19-14(20)9-3-2-8(16)5-10(9)15/h2-6H,1H3,(H,19,20). The summed E-state index contributed by atoms with van der Waals surface area (Å²) in [6.07, 6.45) is 0. The average molecular weight is 361 g/mol. The van der Waals surface area contributed by atoms with Crippen molar-refractivity contribution in [2.75, 3.05) is 5.32 Å². The van der Waals surface area contributed by atoms with Crippen molar-refractivity contribution in [3.8, 4) is 0 Å². The normalized spacial score (nSPS) is 10.4. The first-order valence-electron chi connectivity index (χ1n) is 5.60. The first-order chi connectivity index (χ1) is 9.38. The number of carbonyl (C=O) groups excluding carboxylic acids is 1. The average Bonchev–Trinajstić information content (AvgIpc) is 2.35. The van der Waals surface area contributed by atoms with E-state index in [4.69, 9.17) is 11.6 Å². The molecule has 2 rings (SSSR count). The Kier molecular flexibility index (Phi) is 4.40. The lowest BCUT2D eigenvalue weighted by Gasteiger charge is -2.09. The maximum absolute atomic E-state index is 13.7. The largest absolute Gasteiger partial charge is 0.319 e. The molecule has 1 N–H and O–H groups in total. The second-order valence-electron chi connectivity index (χ2n) is 4.16. The van der Waals surface area contributed by atoms with Crippen molar-refractivity contribution in [1.82, 2.24) is 0 Å². The molecule has 0 aromatic heterocycles. The third kappa shape index (κ3) is 3.16. The highest BCUT2D eigenvalue weighted by atomic mass is 79.9. The molecule has 2 nitrogen and oxygen atoms in total. The first-order valence-corrected chi connectivity index (χ1v) is 6.77. The van der Waals surface area contributed by atoms with Crippen LogP contribution < -0.4 is 5.32 Å². The van der Waals surface area contributed by atoms with E-state index in [0.717, 1.165) is 12.1 Å². The fraction of sp³-hybridized carbons (Fsp3) is 0.0714. The van der Waals surface area contributed by atoms with Crippen LogP contribution in [0.1, 0.15) is 15.9 Å². The minimum absolute atomic E-state index is 0.174. The van der Waals surface area contributed by atoms with Gasteiger partial charge in [-0.25, -0.2) is 8.78 Å². The Hall–Kier alpha value is -1.46. The second-order valence-corrected chi connectivity index (χ2v) is 5.45. The summed E-state index contributed by atoms with van der Waals surface area (Å²) >= 11 is 8.97. The number of anilines is 1. The van der Waals surface area contributed by atoms with Crippen LogP contribution in [0.4, 0.5) is 14.5 Å². The summed E-state index contributed by atoms with van der Waals surface area (Å²) in [4.78, 5) is 12.0. The summed E-state index contributed by atoms with van der Waals surface area (Å²) in [5.74, 6) is -1.84. The number of benzene rings is 2. The fourth-order valence-corrected chi connectivity index (χ4v) is 2.47. The van der Waals surface area contributed by atoms with Crippen LogP contribution >= 0.6 is 27.5 Å². The lowest BCUT2D eigenvalue weighted by Crippen LogP contribution is -2.14. The number of carbonyl (C=O) groups is 1. The zero-order valence-corrected chi connectivity index (χ0v) is 12.6. The molecular formula is C14H9BrClF2NO. The van der Waals surface area contributed by atoms with E-state index in [2.05, 4.69) is 21.2 Å². The number of halogens is 4. The van der Waals surface area contributed by atoms with Crippen LogP contribution in [-0.2, 0) is 0 Å². The molecule has 0 atom stereocenters. The lowest BCUT2D eigenvalue weighted by molar-refractivity contribution is 0.102. The predicted molar refractivity (Wildman–Crippen MR) is 78.2 cm³/mol. The molecule has 0 heterocycles. The Morgan fingerprint density at radius 2 is 1.90 bits per heavy atom. The van der Waals surface area contributed by atoms with Crippen LogP contribution in [0, 0.1) is 18.6 Å². The number of rotatable bonds is 2. The number of hydrogen-bond acceptors (Lipinski definition) is 1. The molecular weight excluding hydrogens is 352 g/mol. The van der Waals surface area contributed by atoms with Gasteiger partial charge in [0.25, 0.3) is 5.91 Å². The molecule has 2 aromatic rings. The molecule has 0 spiro atoms. The molecule has 0 saturated carbocycles. The van der Waals surface area contributed by atoms with Crippen LogP contribution in [0.3, 0.4) is 0 Å². The van der Waals surface area contributed by atoms with Gasteiger partial charge in [-0.1, -0.05) is 11.6 Å². The van der Waals surface area contributed by atoms with Crippen LogP contribution in [0.15, 0.2) is 34.8 Å². The molecule has 6 heteroatoms. The summed E-state index contributed by atoms with van der Waals surface area (Å²) in [5.41, 5.74) is 0.239. The van der Waals surface area contributed by atoms with Crippen molar-refractivity contribution in [3.63, 3.8) is 0 Å². The lowest BCUT2D eigenvalue weighted by atomic mass is 10.1. The molecule has 2 aromatic carbocycles. The van der Waals surface area contributed by atoms with Crippen LogP contribution in [0.25, 0.3) is 0 Å². The smallest absolute Gasteiger partial charge is 0.256 e. The van der Waals surface area contributed by atoms with Gasteiger partial charge in [-0.3, -0.25) is 4.79 Å². The van der Waals surface area contributed by atoms with E-state index < -0.39 is 17.5 Å². The Morgan fingerprint density at radius 1 is 1.20 bits per heavy atom. The number of aryl methyl sites for hydroxylation is 1. The monoisotopic (exact) mass is 359 g/mol. The zero-order chi connectivity index (χ0) is 14.9. The maximum Gasteiger partial charge on any atom is 0.256 e. The molecule has 1 amide bonds. The molecule has 0 aliphatic carbocycles. The van der Waals surface area contributed by atoms with Crippen molar-refractivity contribution in [2.45, 2.75) is 6.92 Å². The van der Waals surface area contributed by atoms with E-state index >= 15 is 0 Å². The molecule has 104 valence electrons. The van der Waals surface area contributed by atoms with Gasteiger partial charge in [-0.05, 0) is 52.7 Å². The van der Waals surface area contributed by atoms with E-state index in [9.17, 15) is 13.6 Å². The van der Waals surface area contributed by atoms with E-state index in [1.54, 1.807) is 6.07 Å². The van der Waals surface area contributed by atoms with Crippen molar-refractivity contribution in [1.29, 1.82) is 0 Å². The van der Waals surface area contributed by atoms with Gasteiger partial charge >= 0.3 is 0 Å². The molecule has 20 heavy (non-hydrogen) atoms. The minimum Gasteiger partial charge on any atom is -0.319 e. The van der Waals surface area contributed by atoms with Crippen LogP contribution in [0.2, 0.25) is 5.02 Å². The third-order valence-corrected chi connectivity index (χ3v) is 3.56. The van der Waals surface area contributed by atoms with E-state index in [-0.39, 0.29) is 16.8 Å². The molecule has 0 unspecified atom stereocenters. The topological polar surface area (TPSA) is 29.1 Å². The molecule has 0 radical (unpaired) electrons. The SMILES string of the molecule is Cc1cc(F)c(NC(=O)c2ccc(Cl)cc2Br)cc1F. The summed E-state index contributed by atoms with van der Waals surface area (Å²) in [7, 11) is 0. The highest BCUT2D eigenvalue weighted by molar-refractivity contribution is 9.10. The Labute approximate surface area is 127 Å². The summed E-state index contributed by atoms with van der Waals surface area (Å²) in [6.45, 7) is 1.44. The highest BCUT2D eigenvalue weighted by Crippen LogP contribution is 2.24. The quantitative estimate of drug-likeness (QED) is 0.807. The number of hydrogen-bond donors (Lipinski definition) is 1. The number of nitrogens with one attached hydrogen (secondary N) is 1. The minimum atomic E-state index is -0.692. The van der Waals surface area contributed by atoms with Gasteiger partial charge in [-0.2, -0.15) is 0 Å². The summed E-state index contributed by atoms with van der Waals surface area (Å²) in [6, 6.07) is 6.55. The third-order valence-electron chi connectivity index (χ3n) is 2.67. The molecule has 0 aliphatic heterocycles. The predicted octanol–water partition coefficient (Wildman–Crippen LogP) is 4.94. The highest BCUT2D eigenvalue weighted by Gasteiger charge is 2.14. The summed E-state index contributed by atoms with van der Waals surface area (Å²) < 4.78 is 27.5. The van der Waals surface area contributed by atoms with Crippen molar-refractivity contribution in [3.05, 3.63) is 62.6 Å². The van der Waals surface area contributed by atoms with Crippen molar-refractivity contribution < 1.29 is 13.6 Å². The Bertz CT molecular complexity index is 691. The molecule has 0 bridgehead atoms. The van der Waals surface area contributed by atoms with Gasteiger partial charge < -0.3 is 5.32 Å². The van der Waals surface area contributed by atoms with Crippen LogP contribution in [-0.4, -0.2) is 5.91 Å². The maximum atomic E-state index is 13.7. The van der Waals surface area contributed by atoms with Gasteiger partial charge in [-0.15, -0.1) is 0 Å². The van der Waals surface area contributed by atoms with E-state index in [1.807, 2.05) is 0 Å². The Balaban J connectivity index is 2.30. The van der Waals surface area contributed by atoms with Gasteiger partial charge in [0.15, 0.2) is 0 Å². The van der Waals surface area contributed by atoms with Gasteiger partial charge in [0.1, 0.15) is 11.6 Å². The number of amides is 1.